The first kappa shape index (κ1) is 22.9. The summed E-state index contributed by atoms with van der Waals surface area (Å²) in [6.07, 6.45) is 1.62. The number of carbonyl (C=O) groups excluding carboxylic acids is 2. The van der Waals surface area contributed by atoms with E-state index < -0.39 is 17.7 Å². The lowest BCUT2D eigenvalue weighted by Gasteiger charge is -2.27. The number of nitrogens with zero attached hydrogens (tertiary/aromatic N) is 1. The SMILES string of the molecule is CCOc1ccc(/C(O)=C2/C(=O)C(=O)N(CC3CCCO3)C2c2cccc(OCC)c2)cc1. The van der Waals surface area contributed by atoms with Crippen molar-refractivity contribution in [3.05, 3.63) is 65.2 Å². The molecule has 7 nitrogen and oxygen atoms in total. The molecule has 2 fully saturated rings. The van der Waals surface area contributed by atoms with E-state index in [0.717, 1.165) is 12.8 Å². The summed E-state index contributed by atoms with van der Waals surface area (Å²) < 4.78 is 16.8. The van der Waals surface area contributed by atoms with Gasteiger partial charge in [0.2, 0.25) is 0 Å². The fourth-order valence-corrected chi connectivity index (χ4v) is 4.39. The van der Waals surface area contributed by atoms with Gasteiger partial charge in [-0.3, -0.25) is 9.59 Å². The van der Waals surface area contributed by atoms with Gasteiger partial charge < -0.3 is 24.2 Å². The van der Waals surface area contributed by atoms with Crippen LogP contribution in [-0.2, 0) is 14.3 Å². The van der Waals surface area contributed by atoms with Gasteiger partial charge >= 0.3 is 0 Å². The summed E-state index contributed by atoms with van der Waals surface area (Å²) in [6, 6.07) is 13.4. The summed E-state index contributed by atoms with van der Waals surface area (Å²) in [4.78, 5) is 27.8. The summed E-state index contributed by atoms with van der Waals surface area (Å²) in [5.41, 5.74) is 1.21. The smallest absolute Gasteiger partial charge is 0.295 e. The average molecular weight is 452 g/mol. The number of rotatable bonds is 8. The Labute approximate surface area is 193 Å². The van der Waals surface area contributed by atoms with E-state index in [0.29, 0.717) is 42.4 Å². The zero-order valence-electron chi connectivity index (χ0n) is 19.0. The van der Waals surface area contributed by atoms with Gasteiger partial charge in [0.25, 0.3) is 11.7 Å². The molecule has 0 saturated carbocycles. The van der Waals surface area contributed by atoms with Gasteiger partial charge in [-0.25, -0.2) is 0 Å². The summed E-state index contributed by atoms with van der Waals surface area (Å²) in [5.74, 6) is -0.248. The maximum absolute atomic E-state index is 13.2. The van der Waals surface area contributed by atoms with Crippen LogP contribution < -0.4 is 9.47 Å². The average Bonchev–Trinajstić information content (AvgIpc) is 3.42. The van der Waals surface area contributed by atoms with Crippen LogP contribution in [0.4, 0.5) is 0 Å². The molecule has 0 bridgehead atoms. The van der Waals surface area contributed by atoms with Crippen molar-refractivity contribution in [3.8, 4) is 11.5 Å². The van der Waals surface area contributed by atoms with E-state index >= 15 is 0 Å². The lowest BCUT2D eigenvalue weighted by Crippen LogP contribution is -2.36. The number of aliphatic hydroxyl groups excluding tert-OH is 1. The molecule has 2 aromatic rings. The molecule has 2 unspecified atom stereocenters. The highest BCUT2D eigenvalue weighted by Gasteiger charge is 2.47. The lowest BCUT2D eigenvalue weighted by molar-refractivity contribution is -0.140. The molecule has 7 heteroatoms. The highest BCUT2D eigenvalue weighted by molar-refractivity contribution is 6.46. The molecular weight excluding hydrogens is 422 g/mol. The number of likely N-dealkylation sites (tertiary alicyclic amines) is 1. The van der Waals surface area contributed by atoms with Crippen molar-refractivity contribution in [2.45, 2.75) is 38.8 Å². The van der Waals surface area contributed by atoms with Crippen LogP contribution in [0, 0.1) is 0 Å². The number of hydrogen-bond acceptors (Lipinski definition) is 6. The van der Waals surface area contributed by atoms with Crippen molar-refractivity contribution >= 4 is 17.4 Å². The Morgan fingerprint density at radius 2 is 1.79 bits per heavy atom. The van der Waals surface area contributed by atoms with Crippen molar-refractivity contribution < 1.29 is 28.9 Å². The third-order valence-electron chi connectivity index (χ3n) is 5.89. The Morgan fingerprint density at radius 1 is 1.06 bits per heavy atom. The van der Waals surface area contributed by atoms with Crippen LogP contribution in [0.5, 0.6) is 11.5 Å². The highest BCUT2D eigenvalue weighted by atomic mass is 16.5. The number of benzene rings is 2. The second-order valence-corrected chi connectivity index (χ2v) is 8.05. The molecule has 2 aromatic carbocycles. The summed E-state index contributed by atoms with van der Waals surface area (Å²) in [7, 11) is 0. The molecule has 174 valence electrons. The molecule has 0 aromatic heterocycles. The quantitative estimate of drug-likeness (QED) is 0.370. The highest BCUT2D eigenvalue weighted by Crippen LogP contribution is 2.41. The van der Waals surface area contributed by atoms with Crippen LogP contribution in [-0.4, -0.2) is 54.2 Å². The normalized spacial score (nSPS) is 22.1. The molecule has 2 aliphatic rings. The Bertz CT molecular complexity index is 1040. The van der Waals surface area contributed by atoms with Gasteiger partial charge in [-0.15, -0.1) is 0 Å². The first-order chi connectivity index (χ1) is 16.0. The van der Waals surface area contributed by atoms with Crippen molar-refractivity contribution in [1.29, 1.82) is 0 Å². The Balaban J connectivity index is 1.78. The van der Waals surface area contributed by atoms with Crippen molar-refractivity contribution in [1.82, 2.24) is 4.90 Å². The fourth-order valence-electron chi connectivity index (χ4n) is 4.39. The molecular formula is C26H29NO6. The van der Waals surface area contributed by atoms with E-state index in [1.165, 1.54) is 4.90 Å². The predicted octanol–water partition coefficient (Wildman–Crippen LogP) is 4.08. The van der Waals surface area contributed by atoms with E-state index in [1.807, 2.05) is 38.1 Å². The van der Waals surface area contributed by atoms with Gasteiger partial charge in [-0.1, -0.05) is 12.1 Å². The number of aliphatic hydroxyl groups is 1. The molecule has 0 spiro atoms. The van der Waals surface area contributed by atoms with E-state index in [-0.39, 0.29) is 24.0 Å². The van der Waals surface area contributed by atoms with Crippen LogP contribution in [0.2, 0.25) is 0 Å². The Kier molecular flexibility index (Phi) is 6.99. The molecule has 2 heterocycles. The molecule has 2 aliphatic heterocycles. The minimum Gasteiger partial charge on any atom is -0.507 e. The molecule has 0 aliphatic carbocycles. The zero-order chi connectivity index (χ0) is 23.4. The zero-order valence-corrected chi connectivity index (χ0v) is 19.0. The van der Waals surface area contributed by atoms with Gasteiger partial charge in [-0.2, -0.15) is 0 Å². The largest absolute Gasteiger partial charge is 0.507 e. The summed E-state index contributed by atoms with van der Waals surface area (Å²) in [5, 5.41) is 11.2. The van der Waals surface area contributed by atoms with Crippen LogP contribution >= 0.6 is 0 Å². The second-order valence-electron chi connectivity index (χ2n) is 8.05. The first-order valence-corrected chi connectivity index (χ1v) is 11.4. The third kappa shape index (κ3) is 4.73. The third-order valence-corrected chi connectivity index (χ3v) is 5.89. The predicted molar refractivity (Wildman–Crippen MR) is 123 cm³/mol. The van der Waals surface area contributed by atoms with Crippen LogP contribution in [0.3, 0.4) is 0 Å². The maximum atomic E-state index is 13.2. The molecule has 1 N–H and O–H groups in total. The topological polar surface area (TPSA) is 85.3 Å². The van der Waals surface area contributed by atoms with Gasteiger partial charge in [-0.05, 0) is 68.7 Å². The van der Waals surface area contributed by atoms with Gasteiger partial charge in [0, 0.05) is 18.7 Å². The van der Waals surface area contributed by atoms with Crippen molar-refractivity contribution in [3.63, 3.8) is 0 Å². The fraction of sp³-hybridized carbons (Fsp3) is 0.385. The number of amides is 1. The lowest BCUT2D eigenvalue weighted by atomic mass is 9.95. The number of Topliss-reactive ketones (excluding diaryl/α,β-unsaturated/α-hetero) is 1. The molecule has 4 rings (SSSR count). The van der Waals surface area contributed by atoms with Crippen LogP contribution in [0.15, 0.2) is 54.1 Å². The Morgan fingerprint density at radius 3 is 2.45 bits per heavy atom. The standard InChI is InChI=1S/C26H29NO6/c1-3-31-19-12-10-17(11-13-19)24(28)22-23(18-7-5-8-20(15-18)32-4-2)27(26(30)25(22)29)16-21-9-6-14-33-21/h5,7-8,10-13,15,21,23,28H,3-4,6,9,14,16H2,1-2H3/b24-22-. The van der Waals surface area contributed by atoms with E-state index in [9.17, 15) is 14.7 Å². The second kappa shape index (κ2) is 10.1. The van der Waals surface area contributed by atoms with E-state index in [1.54, 1.807) is 24.3 Å². The van der Waals surface area contributed by atoms with Crippen LogP contribution in [0.25, 0.3) is 5.76 Å². The minimum absolute atomic E-state index is 0.0656. The van der Waals surface area contributed by atoms with Crippen LogP contribution in [0.1, 0.15) is 43.9 Å². The van der Waals surface area contributed by atoms with Gasteiger partial charge in [0.1, 0.15) is 17.3 Å². The van der Waals surface area contributed by atoms with Crippen molar-refractivity contribution in [2.75, 3.05) is 26.4 Å². The maximum Gasteiger partial charge on any atom is 0.295 e. The van der Waals surface area contributed by atoms with E-state index in [4.69, 9.17) is 14.2 Å². The molecule has 2 atom stereocenters. The summed E-state index contributed by atoms with van der Waals surface area (Å²) in [6.45, 7) is 5.73. The van der Waals surface area contributed by atoms with Gasteiger partial charge in [0.15, 0.2) is 0 Å². The Hall–Kier alpha value is -3.32. The number of hydrogen-bond donors (Lipinski definition) is 1. The minimum atomic E-state index is -0.735. The molecule has 0 radical (unpaired) electrons. The van der Waals surface area contributed by atoms with E-state index in [2.05, 4.69) is 0 Å². The number of ketones is 1. The van der Waals surface area contributed by atoms with Crippen molar-refractivity contribution in [2.24, 2.45) is 0 Å². The van der Waals surface area contributed by atoms with Gasteiger partial charge in [0.05, 0.1) is 30.9 Å². The first-order valence-electron chi connectivity index (χ1n) is 11.4. The number of carbonyl (C=O) groups is 2. The molecule has 2 saturated heterocycles. The monoisotopic (exact) mass is 451 g/mol. The molecule has 1 amide bonds. The molecule has 33 heavy (non-hydrogen) atoms. The number of ether oxygens (including phenoxy) is 3. The summed E-state index contributed by atoms with van der Waals surface area (Å²) >= 11 is 0.